The molecule has 0 aliphatic carbocycles. The molecule has 15 heavy (non-hydrogen) atoms. The molecule has 1 heterocycles. The minimum Gasteiger partial charge on any atom is -0.383 e. The van der Waals surface area contributed by atoms with Crippen molar-refractivity contribution in [3.8, 4) is 0 Å². The van der Waals surface area contributed by atoms with E-state index in [0.29, 0.717) is 12.1 Å². The van der Waals surface area contributed by atoms with Crippen molar-refractivity contribution in [2.45, 2.75) is 51.1 Å². The zero-order valence-corrected chi connectivity index (χ0v) is 10.2. The largest absolute Gasteiger partial charge is 0.383 e. The Morgan fingerprint density at radius 2 is 2.27 bits per heavy atom. The third-order valence-electron chi connectivity index (χ3n) is 3.05. The first-order valence-corrected chi connectivity index (χ1v) is 6.32. The van der Waals surface area contributed by atoms with Crippen molar-refractivity contribution in [3.05, 3.63) is 0 Å². The number of ether oxygens (including phenoxy) is 1. The minimum absolute atomic E-state index is 0.545. The molecule has 0 aromatic rings. The van der Waals surface area contributed by atoms with E-state index >= 15 is 0 Å². The Hall–Kier alpha value is -0.120. The fraction of sp³-hybridized carbons (Fsp3) is 1.00. The van der Waals surface area contributed by atoms with E-state index in [1.807, 2.05) is 0 Å². The molecule has 0 saturated carbocycles. The maximum atomic E-state index is 5.25. The van der Waals surface area contributed by atoms with Crippen LogP contribution in [0.25, 0.3) is 0 Å². The predicted octanol–water partition coefficient (Wildman–Crippen LogP) is 1.53. The SMILES string of the molecule is CCCC(COC)NC1CCCNCC1. The monoisotopic (exact) mass is 214 g/mol. The molecule has 3 nitrogen and oxygen atoms in total. The second kappa shape index (κ2) is 8.08. The number of hydrogen-bond acceptors (Lipinski definition) is 3. The van der Waals surface area contributed by atoms with Gasteiger partial charge < -0.3 is 15.4 Å². The van der Waals surface area contributed by atoms with Gasteiger partial charge in [-0.15, -0.1) is 0 Å². The van der Waals surface area contributed by atoms with E-state index < -0.39 is 0 Å². The highest BCUT2D eigenvalue weighted by atomic mass is 16.5. The number of rotatable bonds is 6. The molecule has 3 heteroatoms. The van der Waals surface area contributed by atoms with Gasteiger partial charge in [0.05, 0.1) is 6.61 Å². The van der Waals surface area contributed by atoms with Crippen LogP contribution in [-0.2, 0) is 4.74 Å². The maximum Gasteiger partial charge on any atom is 0.0615 e. The van der Waals surface area contributed by atoms with Crippen molar-refractivity contribution in [3.63, 3.8) is 0 Å². The fourth-order valence-electron chi connectivity index (χ4n) is 2.28. The van der Waals surface area contributed by atoms with Gasteiger partial charge in [0.15, 0.2) is 0 Å². The Kier molecular flexibility index (Phi) is 6.98. The van der Waals surface area contributed by atoms with Crippen LogP contribution in [0.4, 0.5) is 0 Å². The van der Waals surface area contributed by atoms with Gasteiger partial charge in [0.25, 0.3) is 0 Å². The van der Waals surface area contributed by atoms with E-state index in [-0.39, 0.29) is 0 Å². The van der Waals surface area contributed by atoms with E-state index in [1.165, 1.54) is 38.6 Å². The zero-order chi connectivity index (χ0) is 10.9. The normalized spacial score (nSPS) is 24.8. The molecule has 1 aliphatic rings. The first kappa shape index (κ1) is 12.9. The van der Waals surface area contributed by atoms with Crippen LogP contribution in [0.2, 0.25) is 0 Å². The van der Waals surface area contributed by atoms with Crippen LogP contribution in [0.3, 0.4) is 0 Å². The third kappa shape index (κ3) is 5.50. The molecule has 2 N–H and O–H groups in total. The van der Waals surface area contributed by atoms with E-state index in [4.69, 9.17) is 4.74 Å². The van der Waals surface area contributed by atoms with Crippen molar-refractivity contribution in [1.82, 2.24) is 10.6 Å². The summed E-state index contributed by atoms with van der Waals surface area (Å²) in [5.41, 5.74) is 0. The fourth-order valence-corrected chi connectivity index (χ4v) is 2.28. The number of hydrogen-bond donors (Lipinski definition) is 2. The topological polar surface area (TPSA) is 33.3 Å². The van der Waals surface area contributed by atoms with Gasteiger partial charge in [0.1, 0.15) is 0 Å². The number of nitrogens with one attached hydrogen (secondary N) is 2. The molecular formula is C12H26N2O. The summed E-state index contributed by atoms with van der Waals surface area (Å²) in [5.74, 6) is 0. The maximum absolute atomic E-state index is 5.25. The Bertz CT molecular complexity index is 139. The summed E-state index contributed by atoms with van der Waals surface area (Å²) in [5, 5.41) is 7.18. The molecule has 0 aromatic heterocycles. The summed E-state index contributed by atoms with van der Waals surface area (Å²) in [6, 6.07) is 1.23. The van der Waals surface area contributed by atoms with Crippen molar-refractivity contribution in [2.24, 2.45) is 0 Å². The lowest BCUT2D eigenvalue weighted by Crippen LogP contribution is -2.41. The highest BCUT2D eigenvalue weighted by Crippen LogP contribution is 2.08. The lowest BCUT2D eigenvalue weighted by Gasteiger charge is -2.24. The Morgan fingerprint density at radius 3 is 3.00 bits per heavy atom. The smallest absolute Gasteiger partial charge is 0.0615 e. The lowest BCUT2D eigenvalue weighted by atomic mass is 10.1. The second-order valence-electron chi connectivity index (χ2n) is 4.49. The second-order valence-corrected chi connectivity index (χ2v) is 4.49. The van der Waals surface area contributed by atoms with Crippen LogP contribution in [-0.4, -0.2) is 38.9 Å². The summed E-state index contributed by atoms with van der Waals surface area (Å²) in [4.78, 5) is 0. The summed E-state index contributed by atoms with van der Waals surface area (Å²) in [7, 11) is 1.79. The first-order chi connectivity index (χ1) is 7.36. The summed E-state index contributed by atoms with van der Waals surface area (Å²) in [6.07, 6.45) is 6.30. The van der Waals surface area contributed by atoms with Gasteiger partial charge in [-0.25, -0.2) is 0 Å². The van der Waals surface area contributed by atoms with Crippen LogP contribution in [0.5, 0.6) is 0 Å². The van der Waals surface area contributed by atoms with Gasteiger partial charge in [0, 0.05) is 19.2 Å². The van der Waals surface area contributed by atoms with Crippen molar-refractivity contribution in [1.29, 1.82) is 0 Å². The van der Waals surface area contributed by atoms with Gasteiger partial charge in [-0.05, 0) is 38.8 Å². The van der Waals surface area contributed by atoms with Crippen LogP contribution < -0.4 is 10.6 Å². The van der Waals surface area contributed by atoms with Gasteiger partial charge in [-0.2, -0.15) is 0 Å². The van der Waals surface area contributed by atoms with E-state index in [1.54, 1.807) is 7.11 Å². The molecule has 90 valence electrons. The Labute approximate surface area is 94.0 Å². The van der Waals surface area contributed by atoms with Gasteiger partial charge >= 0.3 is 0 Å². The van der Waals surface area contributed by atoms with Crippen molar-refractivity contribution < 1.29 is 4.74 Å². The molecule has 1 fully saturated rings. The van der Waals surface area contributed by atoms with E-state index in [2.05, 4.69) is 17.6 Å². The molecule has 1 rings (SSSR count). The first-order valence-electron chi connectivity index (χ1n) is 6.32. The summed E-state index contributed by atoms with van der Waals surface area (Å²) < 4.78 is 5.25. The molecule has 0 amide bonds. The molecule has 0 bridgehead atoms. The predicted molar refractivity (Wildman–Crippen MR) is 64.2 cm³/mol. The molecule has 0 radical (unpaired) electrons. The zero-order valence-electron chi connectivity index (χ0n) is 10.2. The minimum atomic E-state index is 0.545. The highest BCUT2D eigenvalue weighted by Gasteiger charge is 2.15. The van der Waals surface area contributed by atoms with Gasteiger partial charge in [-0.3, -0.25) is 0 Å². The van der Waals surface area contributed by atoms with Crippen LogP contribution in [0, 0.1) is 0 Å². The van der Waals surface area contributed by atoms with Crippen LogP contribution >= 0.6 is 0 Å². The van der Waals surface area contributed by atoms with Crippen molar-refractivity contribution >= 4 is 0 Å². The average Bonchev–Trinajstić information content (AvgIpc) is 2.47. The lowest BCUT2D eigenvalue weighted by molar-refractivity contribution is 0.154. The molecule has 0 spiro atoms. The van der Waals surface area contributed by atoms with Crippen LogP contribution in [0.15, 0.2) is 0 Å². The molecule has 2 unspecified atom stereocenters. The Morgan fingerprint density at radius 1 is 1.40 bits per heavy atom. The van der Waals surface area contributed by atoms with E-state index in [0.717, 1.165) is 13.2 Å². The standard InChI is InChI=1S/C12H26N2O/c1-3-5-12(10-15-2)14-11-6-4-8-13-9-7-11/h11-14H,3-10H2,1-2H3. The van der Waals surface area contributed by atoms with Gasteiger partial charge in [-0.1, -0.05) is 13.3 Å². The summed E-state index contributed by atoms with van der Waals surface area (Å²) >= 11 is 0. The van der Waals surface area contributed by atoms with E-state index in [9.17, 15) is 0 Å². The third-order valence-corrected chi connectivity index (χ3v) is 3.05. The average molecular weight is 214 g/mol. The molecule has 0 aromatic carbocycles. The molecule has 2 atom stereocenters. The highest BCUT2D eigenvalue weighted by molar-refractivity contribution is 4.77. The quantitative estimate of drug-likeness (QED) is 0.703. The van der Waals surface area contributed by atoms with Crippen LogP contribution in [0.1, 0.15) is 39.0 Å². The molecule has 1 saturated heterocycles. The summed E-state index contributed by atoms with van der Waals surface area (Å²) in [6.45, 7) is 5.42. The molecular weight excluding hydrogens is 188 g/mol. The van der Waals surface area contributed by atoms with Gasteiger partial charge in [0.2, 0.25) is 0 Å². The molecule has 1 aliphatic heterocycles. The Balaban J connectivity index is 2.27. The van der Waals surface area contributed by atoms with Crippen molar-refractivity contribution in [2.75, 3.05) is 26.8 Å². The number of methoxy groups -OCH3 is 1.